The number of carboxylic acid groups (broad SMARTS) is 1. The van der Waals surface area contributed by atoms with E-state index in [4.69, 9.17) is 5.11 Å². The van der Waals surface area contributed by atoms with Crippen molar-refractivity contribution < 1.29 is 19.1 Å². The number of hydrogen-bond acceptors (Lipinski definition) is 3. The van der Waals surface area contributed by atoms with Gasteiger partial charge in [0.15, 0.2) is 0 Å². The minimum atomic E-state index is -0.965. The third-order valence-corrected chi connectivity index (χ3v) is 3.15. The second kappa shape index (κ2) is 5.69. The van der Waals surface area contributed by atoms with Crippen molar-refractivity contribution in [2.24, 2.45) is 0 Å². The van der Waals surface area contributed by atoms with Crippen LogP contribution in [0.3, 0.4) is 0 Å². The molecule has 0 saturated carbocycles. The summed E-state index contributed by atoms with van der Waals surface area (Å²) in [5.41, 5.74) is 0.626. The van der Waals surface area contributed by atoms with E-state index in [1.54, 1.807) is 0 Å². The summed E-state index contributed by atoms with van der Waals surface area (Å²) in [6.07, 6.45) is 1.21. The Morgan fingerprint density at radius 2 is 2.05 bits per heavy atom. The Balaban J connectivity index is 1.90. The molecule has 1 atom stereocenters. The number of hydrogen-bond donors (Lipinski definition) is 2. The molecule has 1 fully saturated rings. The number of amides is 1. The standard InChI is InChI=1S/C13H15FN2O3/c14-9-3-5-10(6-4-9)15-8-12(17)16-7-1-2-11(16)13(18)19/h3-6,11,15H,1-2,7-8H2,(H,18,19)/t11-/m0/s1. The highest BCUT2D eigenvalue weighted by molar-refractivity contribution is 5.86. The summed E-state index contributed by atoms with van der Waals surface area (Å²) in [7, 11) is 0. The van der Waals surface area contributed by atoms with Gasteiger partial charge in [-0.1, -0.05) is 0 Å². The van der Waals surface area contributed by atoms with Gasteiger partial charge in [0.05, 0.1) is 6.54 Å². The lowest BCUT2D eigenvalue weighted by molar-refractivity contribution is -0.147. The van der Waals surface area contributed by atoms with Crippen LogP contribution in [0.5, 0.6) is 0 Å². The first-order valence-corrected chi connectivity index (χ1v) is 6.09. The van der Waals surface area contributed by atoms with E-state index >= 15 is 0 Å². The normalized spacial score (nSPS) is 18.4. The number of nitrogens with zero attached hydrogens (tertiary/aromatic N) is 1. The molecular weight excluding hydrogens is 251 g/mol. The van der Waals surface area contributed by atoms with Gasteiger partial charge in [0.25, 0.3) is 0 Å². The van der Waals surface area contributed by atoms with Crippen LogP contribution >= 0.6 is 0 Å². The zero-order valence-electron chi connectivity index (χ0n) is 10.3. The molecule has 19 heavy (non-hydrogen) atoms. The van der Waals surface area contributed by atoms with E-state index in [1.165, 1.54) is 29.2 Å². The van der Waals surface area contributed by atoms with Crippen LogP contribution in [-0.2, 0) is 9.59 Å². The molecule has 0 bridgehead atoms. The summed E-state index contributed by atoms with van der Waals surface area (Å²) in [6.45, 7) is 0.482. The first-order chi connectivity index (χ1) is 9.08. The van der Waals surface area contributed by atoms with Crippen molar-refractivity contribution in [3.05, 3.63) is 30.1 Å². The lowest BCUT2D eigenvalue weighted by Crippen LogP contribution is -2.43. The van der Waals surface area contributed by atoms with Crippen molar-refractivity contribution in [3.63, 3.8) is 0 Å². The SMILES string of the molecule is O=C(O)[C@@H]1CCCN1C(=O)CNc1ccc(F)cc1. The van der Waals surface area contributed by atoms with Crippen LogP contribution in [0.15, 0.2) is 24.3 Å². The average molecular weight is 266 g/mol. The maximum Gasteiger partial charge on any atom is 0.326 e. The number of aliphatic carboxylic acids is 1. The van der Waals surface area contributed by atoms with Crippen LogP contribution in [0, 0.1) is 5.82 Å². The molecule has 6 heteroatoms. The van der Waals surface area contributed by atoms with Gasteiger partial charge in [0.2, 0.25) is 5.91 Å². The molecule has 1 aliphatic heterocycles. The smallest absolute Gasteiger partial charge is 0.326 e. The molecule has 0 unspecified atom stereocenters. The molecule has 2 rings (SSSR count). The monoisotopic (exact) mass is 266 g/mol. The zero-order valence-corrected chi connectivity index (χ0v) is 10.3. The van der Waals surface area contributed by atoms with E-state index in [0.717, 1.165) is 0 Å². The Morgan fingerprint density at radius 3 is 2.68 bits per heavy atom. The topological polar surface area (TPSA) is 69.6 Å². The quantitative estimate of drug-likeness (QED) is 0.862. The molecule has 1 aromatic rings. The largest absolute Gasteiger partial charge is 0.480 e. The van der Waals surface area contributed by atoms with Crippen molar-refractivity contribution in [1.29, 1.82) is 0 Å². The molecule has 1 amide bonds. The first-order valence-electron chi connectivity index (χ1n) is 6.09. The Labute approximate surface area is 110 Å². The predicted molar refractivity (Wildman–Crippen MR) is 67.3 cm³/mol. The van der Waals surface area contributed by atoms with Gasteiger partial charge in [0.1, 0.15) is 11.9 Å². The number of carbonyl (C=O) groups excluding carboxylic acids is 1. The highest BCUT2D eigenvalue weighted by Crippen LogP contribution is 2.17. The number of nitrogens with one attached hydrogen (secondary N) is 1. The van der Waals surface area contributed by atoms with Gasteiger partial charge < -0.3 is 15.3 Å². The summed E-state index contributed by atoms with van der Waals surface area (Å²) in [5.74, 6) is -1.57. The molecule has 0 radical (unpaired) electrons. The maximum absolute atomic E-state index is 12.7. The highest BCUT2D eigenvalue weighted by Gasteiger charge is 2.33. The molecule has 0 aromatic heterocycles. The van der Waals surface area contributed by atoms with Crippen LogP contribution < -0.4 is 5.32 Å². The van der Waals surface area contributed by atoms with Crippen LogP contribution in [0.4, 0.5) is 10.1 Å². The molecular formula is C13H15FN2O3. The lowest BCUT2D eigenvalue weighted by Gasteiger charge is -2.21. The number of benzene rings is 1. The zero-order chi connectivity index (χ0) is 13.8. The van der Waals surface area contributed by atoms with Gasteiger partial charge in [0, 0.05) is 12.2 Å². The number of carbonyl (C=O) groups is 2. The van der Waals surface area contributed by atoms with Crippen molar-refractivity contribution in [3.8, 4) is 0 Å². The minimum absolute atomic E-state index is 0.00934. The Bertz CT molecular complexity index is 475. The Kier molecular flexibility index (Phi) is 3.99. The van der Waals surface area contributed by atoms with E-state index in [-0.39, 0.29) is 18.3 Å². The summed E-state index contributed by atoms with van der Waals surface area (Å²) in [6, 6.07) is 4.93. The summed E-state index contributed by atoms with van der Waals surface area (Å²) in [5, 5.41) is 11.8. The second-order valence-corrected chi connectivity index (χ2v) is 4.44. The van der Waals surface area contributed by atoms with Gasteiger partial charge in [-0.15, -0.1) is 0 Å². The van der Waals surface area contributed by atoms with Crippen molar-refractivity contribution >= 4 is 17.6 Å². The van der Waals surface area contributed by atoms with Gasteiger partial charge in [-0.2, -0.15) is 0 Å². The number of anilines is 1. The fourth-order valence-corrected chi connectivity index (χ4v) is 2.17. The van der Waals surface area contributed by atoms with Gasteiger partial charge in [-0.25, -0.2) is 9.18 Å². The van der Waals surface area contributed by atoms with Crippen LogP contribution in [-0.4, -0.2) is 41.0 Å². The highest BCUT2D eigenvalue weighted by atomic mass is 19.1. The fraction of sp³-hybridized carbons (Fsp3) is 0.385. The summed E-state index contributed by atoms with van der Waals surface area (Å²) in [4.78, 5) is 24.3. The Hall–Kier alpha value is -2.11. The second-order valence-electron chi connectivity index (χ2n) is 4.44. The molecule has 1 heterocycles. The molecule has 1 aliphatic rings. The van der Waals surface area contributed by atoms with Crippen LogP contribution in [0.1, 0.15) is 12.8 Å². The summed E-state index contributed by atoms with van der Waals surface area (Å²) < 4.78 is 12.7. The molecule has 1 aromatic carbocycles. The number of carboxylic acids is 1. The molecule has 1 saturated heterocycles. The Morgan fingerprint density at radius 1 is 1.37 bits per heavy atom. The van der Waals surface area contributed by atoms with E-state index in [1.807, 2.05) is 0 Å². The lowest BCUT2D eigenvalue weighted by atomic mass is 10.2. The number of halogens is 1. The van der Waals surface area contributed by atoms with E-state index < -0.39 is 12.0 Å². The van der Waals surface area contributed by atoms with E-state index in [2.05, 4.69) is 5.32 Å². The van der Waals surface area contributed by atoms with E-state index in [0.29, 0.717) is 25.1 Å². The predicted octanol–water partition coefficient (Wildman–Crippen LogP) is 1.31. The third-order valence-electron chi connectivity index (χ3n) is 3.15. The van der Waals surface area contributed by atoms with Crippen molar-refractivity contribution in [2.45, 2.75) is 18.9 Å². The number of rotatable bonds is 4. The van der Waals surface area contributed by atoms with Crippen molar-refractivity contribution in [2.75, 3.05) is 18.4 Å². The average Bonchev–Trinajstić information content (AvgIpc) is 2.87. The van der Waals surface area contributed by atoms with Crippen LogP contribution in [0.25, 0.3) is 0 Å². The third kappa shape index (κ3) is 3.21. The molecule has 0 spiro atoms. The molecule has 0 aliphatic carbocycles. The van der Waals surface area contributed by atoms with Crippen LogP contribution in [0.2, 0.25) is 0 Å². The fourth-order valence-electron chi connectivity index (χ4n) is 2.17. The maximum atomic E-state index is 12.7. The summed E-state index contributed by atoms with van der Waals surface area (Å²) >= 11 is 0. The van der Waals surface area contributed by atoms with Gasteiger partial charge in [-0.05, 0) is 37.1 Å². The van der Waals surface area contributed by atoms with Crippen molar-refractivity contribution in [1.82, 2.24) is 4.90 Å². The molecule has 102 valence electrons. The van der Waals surface area contributed by atoms with Gasteiger partial charge in [-0.3, -0.25) is 4.79 Å². The minimum Gasteiger partial charge on any atom is -0.480 e. The van der Waals surface area contributed by atoms with E-state index in [9.17, 15) is 14.0 Å². The van der Waals surface area contributed by atoms with Gasteiger partial charge >= 0.3 is 5.97 Å². The molecule has 2 N–H and O–H groups in total. The first kappa shape index (κ1) is 13.3. The molecule has 5 nitrogen and oxygen atoms in total. The number of likely N-dealkylation sites (tertiary alicyclic amines) is 1.